The van der Waals surface area contributed by atoms with E-state index >= 15 is 0 Å². The van der Waals surface area contributed by atoms with E-state index in [0.29, 0.717) is 5.56 Å². The summed E-state index contributed by atoms with van der Waals surface area (Å²) < 4.78 is 14.2. The van der Waals surface area contributed by atoms with Crippen molar-refractivity contribution in [1.82, 2.24) is 0 Å². The lowest BCUT2D eigenvalue weighted by Gasteiger charge is -2.14. The van der Waals surface area contributed by atoms with Crippen molar-refractivity contribution in [2.24, 2.45) is 5.73 Å². The Balaban J connectivity index is 0.00000196. The van der Waals surface area contributed by atoms with Gasteiger partial charge in [-0.15, -0.1) is 12.4 Å². The third-order valence-corrected chi connectivity index (χ3v) is 2.93. The van der Waals surface area contributed by atoms with Crippen molar-refractivity contribution in [2.75, 3.05) is 0 Å². The standard InChI is InChI=1S/C11H15BrFN.ClH/c1-2-3-7-10(14)11-8(12)5-4-6-9(11)13;/h4-6,10H,2-3,7,14H2,1H3;1H/t10-;/m0./s1. The molecule has 4 heteroatoms. The van der Waals surface area contributed by atoms with Crippen molar-refractivity contribution in [3.05, 3.63) is 34.1 Å². The molecule has 1 nitrogen and oxygen atoms in total. The molecule has 0 heterocycles. The maximum atomic E-state index is 13.4. The molecule has 86 valence electrons. The van der Waals surface area contributed by atoms with Crippen LogP contribution >= 0.6 is 28.3 Å². The third kappa shape index (κ3) is 4.09. The highest BCUT2D eigenvalue weighted by Gasteiger charge is 2.13. The highest BCUT2D eigenvalue weighted by Crippen LogP contribution is 2.27. The van der Waals surface area contributed by atoms with Gasteiger partial charge in [0.25, 0.3) is 0 Å². The lowest BCUT2D eigenvalue weighted by atomic mass is 10.0. The quantitative estimate of drug-likeness (QED) is 0.885. The van der Waals surface area contributed by atoms with E-state index in [2.05, 4.69) is 22.9 Å². The zero-order chi connectivity index (χ0) is 10.6. The molecule has 0 aromatic heterocycles. The highest BCUT2D eigenvalue weighted by molar-refractivity contribution is 9.10. The molecule has 15 heavy (non-hydrogen) atoms. The summed E-state index contributed by atoms with van der Waals surface area (Å²) >= 11 is 3.32. The minimum absolute atomic E-state index is 0. The number of rotatable bonds is 4. The molecule has 1 aromatic carbocycles. The van der Waals surface area contributed by atoms with Crippen molar-refractivity contribution in [3.63, 3.8) is 0 Å². The van der Waals surface area contributed by atoms with E-state index in [4.69, 9.17) is 5.73 Å². The SMILES string of the molecule is CCCC[C@H](N)c1c(F)cccc1Br.Cl. The molecular formula is C11H16BrClFN. The molecule has 1 aromatic rings. The largest absolute Gasteiger partial charge is 0.324 e. The van der Waals surface area contributed by atoms with Crippen LogP contribution in [-0.4, -0.2) is 0 Å². The Morgan fingerprint density at radius 1 is 1.47 bits per heavy atom. The lowest BCUT2D eigenvalue weighted by molar-refractivity contribution is 0.545. The van der Waals surface area contributed by atoms with E-state index in [1.807, 2.05) is 6.07 Å². The van der Waals surface area contributed by atoms with Crippen LogP contribution in [0.3, 0.4) is 0 Å². The van der Waals surface area contributed by atoms with E-state index in [1.165, 1.54) is 6.07 Å². The number of unbranched alkanes of at least 4 members (excludes halogenated alkanes) is 1. The van der Waals surface area contributed by atoms with Gasteiger partial charge in [-0.1, -0.05) is 41.8 Å². The first-order valence-corrected chi connectivity index (χ1v) is 5.65. The molecule has 2 N–H and O–H groups in total. The van der Waals surface area contributed by atoms with E-state index in [9.17, 15) is 4.39 Å². The van der Waals surface area contributed by atoms with Gasteiger partial charge in [0.2, 0.25) is 0 Å². The van der Waals surface area contributed by atoms with Crippen LogP contribution in [0.1, 0.15) is 37.8 Å². The fourth-order valence-electron chi connectivity index (χ4n) is 1.43. The molecule has 0 radical (unpaired) electrons. The summed E-state index contributed by atoms with van der Waals surface area (Å²) in [6, 6.07) is 4.75. The van der Waals surface area contributed by atoms with Crippen LogP contribution < -0.4 is 5.73 Å². The second-order valence-electron chi connectivity index (χ2n) is 3.38. The number of hydrogen-bond acceptors (Lipinski definition) is 1. The maximum Gasteiger partial charge on any atom is 0.129 e. The van der Waals surface area contributed by atoms with Crippen LogP contribution in [0.2, 0.25) is 0 Å². The summed E-state index contributed by atoms with van der Waals surface area (Å²) in [5.41, 5.74) is 6.51. The van der Waals surface area contributed by atoms with Crippen LogP contribution in [-0.2, 0) is 0 Å². The molecule has 1 atom stereocenters. The number of nitrogens with two attached hydrogens (primary N) is 1. The molecule has 0 bridgehead atoms. The Hall–Kier alpha value is -0.120. The van der Waals surface area contributed by atoms with Crippen LogP contribution in [0.25, 0.3) is 0 Å². The van der Waals surface area contributed by atoms with Crippen LogP contribution in [0.4, 0.5) is 4.39 Å². The summed E-state index contributed by atoms with van der Waals surface area (Å²) in [4.78, 5) is 0. The van der Waals surface area contributed by atoms with Gasteiger partial charge in [0.05, 0.1) is 0 Å². The molecule has 0 spiro atoms. The van der Waals surface area contributed by atoms with Crippen molar-refractivity contribution in [3.8, 4) is 0 Å². The summed E-state index contributed by atoms with van der Waals surface area (Å²) in [6.07, 6.45) is 2.94. The number of benzene rings is 1. The smallest absolute Gasteiger partial charge is 0.129 e. The Morgan fingerprint density at radius 2 is 2.13 bits per heavy atom. The van der Waals surface area contributed by atoms with Gasteiger partial charge in [-0.2, -0.15) is 0 Å². The van der Waals surface area contributed by atoms with Gasteiger partial charge in [-0.3, -0.25) is 0 Å². The molecule has 0 unspecified atom stereocenters. The van der Waals surface area contributed by atoms with E-state index in [1.54, 1.807) is 6.07 Å². The second-order valence-corrected chi connectivity index (χ2v) is 4.24. The molecule has 0 amide bonds. The number of hydrogen-bond donors (Lipinski definition) is 1. The molecule has 0 saturated heterocycles. The molecular weight excluding hydrogens is 280 g/mol. The van der Waals surface area contributed by atoms with Crippen LogP contribution in [0.5, 0.6) is 0 Å². The second kappa shape index (κ2) is 7.20. The molecule has 0 saturated carbocycles. The Bertz CT molecular complexity index is 286. The van der Waals surface area contributed by atoms with Crippen LogP contribution in [0.15, 0.2) is 22.7 Å². The minimum atomic E-state index is -0.219. The Kier molecular flexibility index (Phi) is 7.14. The minimum Gasteiger partial charge on any atom is -0.324 e. The fourth-order valence-corrected chi connectivity index (χ4v) is 2.07. The maximum absolute atomic E-state index is 13.4. The molecule has 0 aliphatic heterocycles. The van der Waals surface area contributed by atoms with Crippen molar-refractivity contribution in [2.45, 2.75) is 32.2 Å². The monoisotopic (exact) mass is 295 g/mol. The van der Waals surface area contributed by atoms with Gasteiger partial charge in [-0.25, -0.2) is 4.39 Å². The summed E-state index contributed by atoms with van der Waals surface area (Å²) in [7, 11) is 0. The number of halogens is 3. The normalized spacial score (nSPS) is 12.0. The predicted molar refractivity (Wildman–Crippen MR) is 67.8 cm³/mol. The van der Waals surface area contributed by atoms with E-state index in [-0.39, 0.29) is 24.3 Å². The third-order valence-electron chi connectivity index (χ3n) is 2.24. The van der Waals surface area contributed by atoms with Crippen molar-refractivity contribution >= 4 is 28.3 Å². The van der Waals surface area contributed by atoms with Crippen LogP contribution in [0, 0.1) is 5.82 Å². The van der Waals surface area contributed by atoms with Gasteiger partial charge in [0, 0.05) is 16.1 Å². The Morgan fingerprint density at radius 3 is 2.67 bits per heavy atom. The Labute approximate surface area is 105 Å². The fraction of sp³-hybridized carbons (Fsp3) is 0.455. The predicted octanol–water partition coefficient (Wildman–Crippen LogP) is 4.20. The van der Waals surface area contributed by atoms with E-state index < -0.39 is 0 Å². The van der Waals surface area contributed by atoms with Gasteiger partial charge < -0.3 is 5.73 Å². The first-order chi connectivity index (χ1) is 6.66. The molecule has 0 aliphatic rings. The van der Waals surface area contributed by atoms with Gasteiger partial charge in [-0.05, 0) is 18.6 Å². The van der Waals surface area contributed by atoms with Crippen molar-refractivity contribution in [1.29, 1.82) is 0 Å². The topological polar surface area (TPSA) is 26.0 Å². The first kappa shape index (κ1) is 14.9. The molecule has 0 aliphatic carbocycles. The average molecular weight is 297 g/mol. The molecule has 1 rings (SSSR count). The van der Waals surface area contributed by atoms with Gasteiger partial charge in [0.15, 0.2) is 0 Å². The highest BCUT2D eigenvalue weighted by atomic mass is 79.9. The lowest BCUT2D eigenvalue weighted by Crippen LogP contribution is -2.12. The summed E-state index contributed by atoms with van der Waals surface area (Å²) in [6.45, 7) is 2.10. The first-order valence-electron chi connectivity index (χ1n) is 4.86. The zero-order valence-corrected chi connectivity index (χ0v) is 11.1. The molecule has 0 fully saturated rings. The zero-order valence-electron chi connectivity index (χ0n) is 8.67. The summed E-state index contributed by atoms with van der Waals surface area (Å²) in [5.74, 6) is -0.219. The van der Waals surface area contributed by atoms with Crippen molar-refractivity contribution < 1.29 is 4.39 Å². The van der Waals surface area contributed by atoms with E-state index in [0.717, 1.165) is 23.7 Å². The van der Waals surface area contributed by atoms with Gasteiger partial charge >= 0.3 is 0 Å². The average Bonchev–Trinajstić information content (AvgIpc) is 2.14. The van der Waals surface area contributed by atoms with Gasteiger partial charge in [0.1, 0.15) is 5.82 Å². The summed E-state index contributed by atoms with van der Waals surface area (Å²) in [5, 5.41) is 0.